The second kappa shape index (κ2) is 9.30. The average Bonchev–Trinajstić information content (AvgIpc) is 3.41. The van der Waals surface area contributed by atoms with Crippen LogP contribution in [0.4, 0.5) is 0 Å². The molecule has 1 aromatic heterocycles. The van der Waals surface area contributed by atoms with E-state index in [0.29, 0.717) is 18.3 Å². The maximum Gasteiger partial charge on any atom is 0.258 e. The molecule has 1 saturated carbocycles. The van der Waals surface area contributed by atoms with Gasteiger partial charge in [0.15, 0.2) is 12.6 Å². The Bertz CT molecular complexity index is 826. The number of hydrogen-bond acceptors (Lipinski definition) is 3. The zero-order valence-electron chi connectivity index (χ0n) is 16.8. The molecule has 3 rings (SSSR count). The molecule has 28 heavy (non-hydrogen) atoms. The van der Waals surface area contributed by atoms with Gasteiger partial charge in [0, 0.05) is 45.6 Å². The summed E-state index contributed by atoms with van der Waals surface area (Å²) in [5.74, 6) is 1.45. The van der Waals surface area contributed by atoms with Crippen molar-refractivity contribution in [2.45, 2.75) is 32.0 Å². The monoisotopic (exact) mass is 383 g/mol. The molecule has 0 saturated heterocycles. The summed E-state index contributed by atoms with van der Waals surface area (Å²) >= 11 is 0. The first-order valence-corrected chi connectivity index (χ1v) is 9.58. The van der Waals surface area contributed by atoms with Crippen LogP contribution in [0, 0.1) is 0 Å². The molecule has 2 aromatic rings. The number of nitrogens with zero attached hydrogens (tertiary/aromatic N) is 3. The van der Waals surface area contributed by atoms with E-state index >= 15 is 0 Å². The van der Waals surface area contributed by atoms with Gasteiger partial charge in [-0.3, -0.25) is 9.79 Å². The maximum atomic E-state index is 11.8. The number of carbonyl (C=O) groups is 1. The van der Waals surface area contributed by atoms with Crippen LogP contribution in [0.3, 0.4) is 0 Å². The van der Waals surface area contributed by atoms with Gasteiger partial charge in [-0.05, 0) is 42.7 Å². The summed E-state index contributed by atoms with van der Waals surface area (Å²) in [6, 6.07) is 12.3. The summed E-state index contributed by atoms with van der Waals surface area (Å²) in [6.45, 7) is 1.44. The zero-order valence-corrected chi connectivity index (χ0v) is 16.8. The Morgan fingerprint density at radius 2 is 2.14 bits per heavy atom. The smallest absolute Gasteiger partial charge is 0.258 e. The summed E-state index contributed by atoms with van der Waals surface area (Å²) in [7, 11) is 5.83. The number of aryl methyl sites for hydroxylation is 1. The SMILES string of the molecule is CN=C(NCc1cccc(OCC(=O)NC2CC2)c1)N(C)Cc1cccn1C. The van der Waals surface area contributed by atoms with Gasteiger partial charge in [-0.2, -0.15) is 0 Å². The van der Waals surface area contributed by atoms with E-state index in [-0.39, 0.29) is 12.5 Å². The van der Waals surface area contributed by atoms with Crippen molar-refractivity contribution in [3.05, 3.63) is 53.9 Å². The first-order chi connectivity index (χ1) is 13.5. The second-order valence-electron chi connectivity index (χ2n) is 7.15. The van der Waals surface area contributed by atoms with Crippen molar-refractivity contribution in [1.82, 2.24) is 20.1 Å². The number of carbonyl (C=O) groups excluding carboxylic acids is 1. The molecular formula is C21H29N5O2. The lowest BCUT2D eigenvalue weighted by atomic mass is 10.2. The maximum absolute atomic E-state index is 11.8. The molecule has 1 fully saturated rings. The molecule has 0 radical (unpaired) electrons. The van der Waals surface area contributed by atoms with Gasteiger partial charge in [-0.1, -0.05) is 12.1 Å². The Kier molecular flexibility index (Phi) is 6.57. The average molecular weight is 383 g/mol. The summed E-state index contributed by atoms with van der Waals surface area (Å²) in [6.07, 6.45) is 4.19. The molecular weight excluding hydrogens is 354 g/mol. The highest BCUT2D eigenvalue weighted by atomic mass is 16.5. The van der Waals surface area contributed by atoms with Gasteiger partial charge >= 0.3 is 0 Å². The third-order valence-corrected chi connectivity index (χ3v) is 4.69. The number of ether oxygens (including phenoxy) is 1. The van der Waals surface area contributed by atoms with Crippen LogP contribution in [-0.4, -0.2) is 48.1 Å². The van der Waals surface area contributed by atoms with Crippen molar-refractivity contribution in [2.75, 3.05) is 20.7 Å². The van der Waals surface area contributed by atoms with E-state index in [1.165, 1.54) is 5.69 Å². The Morgan fingerprint density at radius 1 is 1.32 bits per heavy atom. The molecule has 0 bridgehead atoms. The van der Waals surface area contributed by atoms with Gasteiger partial charge in [0.1, 0.15) is 5.75 Å². The van der Waals surface area contributed by atoms with Gasteiger partial charge in [0.25, 0.3) is 5.91 Å². The number of rotatable bonds is 8. The highest BCUT2D eigenvalue weighted by Gasteiger charge is 2.23. The van der Waals surface area contributed by atoms with E-state index in [1.807, 2.05) is 50.6 Å². The molecule has 1 aliphatic carbocycles. The first kappa shape index (κ1) is 19.8. The first-order valence-electron chi connectivity index (χ1n) is 9.58. The van der Waals surface area contributed by atoms with E-state index in [0.717, 1.165) is 30.9 Å². The van der Waals surface area contributed by atoms with E-state index in [4.69, 9.17) is 4.74 Å². The van der Waals surface area contributed by atoms with E-state index in [1.54, 1.807) is 7.05 Å². The number of aliphatic imine (C=N–C) groups is 1. The Morgan fingerprint density at radius 3 is 2.82 bits per heavy atom. The van der Waals surface area contributed by atoms with Crippen LogP contribution in [0.15, 0.2) is 47.6 Å². The standard InChI is InChI=1S/C21H29N5O2/c1-22-21(26(3)14-18-7-5-11-25(18)2)23-13-16-6-4-8-19(12-16)28-15-20(27)24-17-9-10-17/h4-8,11-12,17H,9-10,13-15H2,1-3H3,(H,22,23)(H,24,27). The zero-order chi connectivity index (χ0) is 19.9. The van der Waals surface area contributed by atoms with Crippen molar-refractivity contribution in [1.29, 1.82) is 0 Å². The van der Waals surface area contributed by atoms with Crippen LogP contribution in [0.1, 0.15) is 24.1 Å². The Balaban J connectivity index is 1.49. The summed E-state index contributed by atoms with van der Waals surface area (Å²) in [5, 5.41) is 6.30. The highest BCUT2D eigenvalue weighted by Crippen LogP contribution is 2.18. The topological polar surface area (TPSA) is 70.9 Å². The minimum atomic E-state index is -0.0614. The fourth-order valence-electron chi connectivity index (χ4n) is 2.94. The molecule has 7 heteroatoms. The van der Waals surface area contributed by atoms with Crippen LogP contribution in [0.2, 0.25) is 0 Å². The Hall–Kier alpha value is -2.96. The minimum Gasteiger partial charge on any atom is -0.484 e. The van der Waals surface area contributed by atoms with Crippen LogP contribution in [0.5, 0.6) is 5.75 Å². The minimum absolute atomic E-state index is 0.0501. The molecule has 2 N–H and O–H groups in total. The highest BCUT2D eigenvalue weighted by molar-refractivity contribution is 5.79. The van der Waals surface area contributed by atoms with Gasteiger partial charge < -0.3 is 24.8 Å². The van der Waals surface area contributed by atoms with Crippen LogP contribution >= 0.6 is 0 Å². The van der Waals surface area contributed by atoms with Gasteiger partial charge in [-0.15, -0.1) is 0 Å². The quantitative estimate of drug-likeness (QED) is 0.539. The molecule has 0 aliphatic heterocycles. The van der Waals surface area contributed by atoms with E-state index in [9.17, 15) is 4.79 Å². The molecule has 0 spiro atoms. The number of aromatic nitrogens is 1. The number of benzene rings is 1. The molecule has 1 aliphatic rings. The predicted octanol–water partition coefficient (Wildman–Crippen LogP) is 1.89. The molecule has 1 heterocycles. The largest absolute Gasteiger partial charge is 0.484 e. The molecule has 150 valence electrons. The van der Waals surface area contributed by atoms with Gasteiger partial charge in [0.05, 0.1) is 6.54 Å². The number of amides is 1. The normalized spacial score (nSPS) is 13.9. The predicted molar refractivity (Wildman–Crippen MR) is 110 cm³/mol. The number of hydrogen-bond donors (Lipinski definition) is 2. The van der Waals surface area contributed by atoms with E-state index < -0.39 is 0 Å². The Labute approximate surface area is 166 Å². The van der Waals surface area contributed by atoms with Crippen molar-refractivity contribution in [2.24, 2.45) is 12.0 Å². The van der Waals surface area contributed by atoms with Crippen LogP contribution in [0.25, 0.3) is 0 Å². The van der Waals surface area contributed by atoms with Gasteiger partial charge in [-0.25, -0.2) is 0 Å². The summed E-state index contributed by atoms with van der Waals surface area (Å²) in [4.78, 5) is 18.2. The number of nitrogens with one attached hydrogen (secondary N) is 2. The van der Waals surface area contributed by atoms with Gasteiger partial charge in [0.2, 0.25) is 0 Å². The van der Waals surface area contributed by atoms with Crippen molar-refractivity contribution in [3.8, 4) is 5.75 Å². The summed E-state index contributed by atoms with van der Waals surface area (Å²) in [5.41, 5.74) is 2.28. The molecule has 1 aromatic carbocycles. The summed E-state index contributed by atoms with van der Waals surface area (Å²) < 4.78 is 7.72. The number of guanidine groups is 1. The second-order valence-corrected chi connectivity index (χ2v) is 7.15. The lowest BCUT2D eigenvalue weighted by Gasteiger charge is -2.22. The van der Waals surface area contributed by atoms with Crippen molar-refractivity contribution < 1.29 is 9.53 Å². The fraction of sp³-hybridized carbons (Fsp3) is 0.429. The van der Waals surface area contributed by atoms with Crippen LogP contribution in [-0.2, 0) is 24.9 Å². The fourth-order valence-corrected chi connectivity index (χ4v) is 2.94. The third kappa shape index (κ3) is 5.77. The van der Waals surface area contributed by atoms with E-state index in [2.05, 4.69) is 31.2 Å². The molecule has 0 unspecified atom stereocenters. The molecule has 7 nitrogen and oxygen atoms in total. The van der Waals surface area contributed by atoms with Crippen molar-refractivity contribution >= 4 is 11.9 Å². The van der Waals surface area contributed by atoms with Crippen LogP contribution < -0.4 is 15.4 Å². The molecule has 0 atom stereocenters. The lowest BCUT2D eigenvalue weighted by molar-refractivity contribution is -0.123. The third-order valence-electron chi connectivity index (χ3n) is 4.69. The molecule has 1 amide bonds. The van der Waals surface area contributed by atoms with Crippen molar-refractivity contribution in [3.63, 3.8) is 0 Å². The lowest BCUT2D eigenvalue weighted by Crippen LogP contribution is -2.38.